The predicted octanol–water partition coefficient (Wildman–Crippen LogP) is 4.98. The van der Waals surface area contributed by atoms with E-state index in [1.165, 1.54) is 0 Å². The zero-order chi connectivity index (χ0) is 19.5. The second-order valence-corrected chi connectivity index (χ2v) is 6.57. The van der Waals surface area contributed by atoms with E-state index < -0.39 is 0 Å². The molecule has 6 nitrogen and oxygen atoms in total. The van der Waals surface area contributed by atoms with Crippen molar-refractivity contribution >= 4 is 45.7 Å². The molecule has 0 unspecified atom stereocenters. The van der Waals surface area contributed by atoms with Crippen LogP contribution in [0.4, 0.5) is 17.3 Å². The van der Waals surface area contributed by atoms with Crippen molar-refractivity contribution in [1.29, 1.82) is 0 Å². The van der Waals surface area contributed by atoms with Crippen molar-refractivity contribution in [3.05, 3.63) is 83.3 Å². The third-order valence-electron chi connectivity index (χ3n) is 4.09. The molecule has 0 bridgehead atoms. The Bertz CT molecular complexity index is 1170. The summed E-state index contributed by atoms with van der Waals surface area (Å²) in [5.41, 5.74) is 3.00. The Hall–Kier alpha value is -3.51. The summed E-state index contributed by atoms with van der Waals surface area (Å²) in [6, 6.07) is 18.3. The minimum absolute atomic E-state index is 0.239. The molecule has 0 aliphatic heterocycles. The number of hydrogen-bond acceptors (Lipinski definition) is 5. The van der Waals surface area contributed by atoms with Gasteiger partial charge in [-0.05, 0) is 37.3 Å². The van der Waals surface area contributed by atoms with E-state index in [0.29, 0.717) is 22.4 Å². The Kier molecular flexibility index (Phi) is 4.87. The summed E-state index contributed by atoms with van der Waals surface area (Å²) in [7, 11) is 0. The van der Waals surface area contributed by atoms with Gasteiger partial charge >= 0.3 is 0 Å². The van der Waals surface area contributed by atoms with Gasteiger partial charge in [0.15, 0.2) is 0 Å². The van der Waals surface area contributed by atoms with Crippen molar-refractivity contribution in [2.45, 2.75) is 6.92 Å². The van der Waals surface area contributed by atoms with Crippen molar-refractivity contribution in [2.24, 2.45) is 0 Å². The van der Waals surface area contributed by atoms with E-state index >= 15 is 0 Å². The third-order valence-corrected chi connectivity index (χ3v) is 4.42. The molecule has 1 amide bonds. The van der Waals surface area contributed by atoms with E-state index in [1.54, 1.807) is 43.5 Å². The molecule has 7 heteroatoms. The number of amides is 1. The number of rotatable bonds is 4. The van der Waals surface area contributed by atoms with E-state index in [0.717, 1.165) is 16.6 Å². The van der Waals surface area contributed by atoms with Gasteiger partial charge in [0.2, 0.25) is 5.95 Å². The van der Waals surface area contributed by atoms with Crippen LogP contribution in [0.2, 0.25) is 5.02 Å². The van der Waals surface area contributed by atoms with E-state index in [4.69, 9.17) is 11.6 Å². The van der Waals surface area contributed by atoms with E-state index in [-0.39, 0.29) is 11.6 Å². The maximum absolute atomic E-state index is 12.6. The minimum Gasteiger partial charge on any atom is -0.322 e. The Labute approximate surface area is 166 Å². The summed E-state index contributed by atoms with van der Waals surface area (Å²) >= 11 is 6.11. The van der Waals surface area contributed by atoms with Gasteiger partial charge in [-0.2, -0.15) is 0 Å². The number of carbonyl (C=O) groups excluding carboxylic acids is 1. The smallest absolute Gasteiger partial charge is 0.274 e. The Morgan fingerprint density at radius 2 is 1.75 bits per heavy atom. The molecule has 0 saturated carbocycles. The quantitative estimate of drug-likeness (QED) is 0.514. The van der Waals surface area contributed by atoms with E-state index in [2.05, 4.69) is 25.6 Å². The highest BCUT2D eigenvalue weighted by Crippen LogP contribution is 2.24. The molecule has 0 fully saturated rings. The number of carbonyl (C=O) groups is 1. The maximum atomic E-state index is 12.6. The second-order valence-electron chi connectivity index (χ2n) is 6.16. The summed E-state index contributed by atoms with van der Waals surface area (Å²) in [5.74, 6) is -0.0415. The zero-order valence-corrected chi connectivity index (χ0v) is 15.7. The number of anilines is 3. The molecule has 4 aromatic rings. The lowest BCUT2D eigenvalue weighted by molar-refractivity contribution is 0.102. The lowest BCUT2D eigenvalue weighted by Gasteiger charge is -2.11. The molecular weight excluding hydrogens is 374 g/mol. The van der Waals surface area contributed by atoms with Crippen LogP contribution in [0.25, 0.3) is 10.9 Å². The number of nitrogens with one attached hydrogen (secondary N) is 2. The van der Waals surface area contributed by atoms with Crippen LogP contribution < -0.4 is 10.6 Å². The number of halogens is 1. The van der Waals surface area contributed by atoms with Crippen LogP contribution >= 0.6 is 11.6 Å². The first-order chi connectivity index (χ1) is 13.6. The third kappa shape index (κ3) is 3.77. The predicted molar refractivity (Wildman–Crippen MR) is 111 cm³/mol. The van der Waals surface area contributed by atoms with Crippen LogP contribution in [-0.2, 0) is 0 Å². The molecule has 0 spiro atoms. The number of aryl methyl sites for hydroxylation is 1. The number of hydrogen-bond donors (Lipinski definition) is 2. The molecular formula is C21H16ClN5O. The van der Waals surface area contributed by atoms with Crippen molar-refractivity contribution in [1.82, 2.24) is 15.0 Å². The molecule has 2 aromatic carbocycles. The first kappa shape index (κ1) is 17.9. The lowest BCUT2D eigenvalue weighted by atomic mass is 10.2. The average molecular weight is 390 g/mol. The van der Waals surface area contributed by atoms with Gasteiger partial charge in [0.1, 0.15) is 5.69 Å². The second kappa shape index (κ2) is 7.62. The van der Waals surface area contributed by atoms with Crippen LogP contribution in [-0.4, -0.2) is 20.9 Å². The van der Waals surface area contributed by atoms with Gasteiger partial charge in [0.25, 0.3) is 5.91 Å². The Morgan fingerprint density at radius 3 is 2.61 bits per heavy atom. The Balaban J connectivity index is 1.64. The zero-order valence-electron chi connectivity index (χ0n) is 15.0. The summed E-state index contributed by atoms with van der Waals surface area (Å²) in [6.07, 6.45) is 1.73. The molecule has 0 saturated heterocycles. The SMILES string of the molecule is Cc1cc(C(=O)Nc2ccccc2Cl)nc(Nc2cccc3cccnc23)n1. The van der Waals surface area contributed by atoms with Crippen molar-refractivity contribution < 1.29 is 4.79 Å². The van der Waals surface area contributed by atoms with Crippen LogP contribution in [0.5, 0.6) is 0 Å². The number of nitrogens with zero attached hydrogens (tertiary/aromatic N) is 3. The number of para-hydroxylation sites is 2. The van der Waals surface area contributed by atoms with Gasteiger partial charge in [0, 0.05) is 17.3 Å². The number of pyridine rings is 1. The monoisotopic (exact) mass is 389 g/mol. The largest absolute Gasteiger partial charge is 0.322 e. The highest BCUT2D eigenvalue weighted by Gasteiger charge is 2.13. The van der Waals surface area contributed by atoms with Gasteiger partial charge in [-0.1, -0.05) is 41.9 Å². The number of aromatic nitrogens is 3. The van der Waals surface area contributed by atoms with Crippen LogP contribution in [0.1, 0.15) is 16.2 Å². The van der Waals surface area contributed by atoms with E-state index in [9.17, 15) is 4.79 Å². The first-order valence-electron chi connectivity index (χ1n) is 8.62. The Morgan fingerprint density at radius 1 is 0.964 bits per heavy atom. The molecule has 2 aromatic heterocycles. The van der Waals surface area contributed by atoms with Gasteiger partial charge in [-0.25, -0.2) is 9.97 Å². The van der Waals surface area contributed by atoms with Crippen molar-refractivity contribution in [2.75, 3.05) is 10.6 Å². The van der Waals surface area contributed by atoms with Gasteiger partial charge in [-0.3, -0.25) is 9.78 Å². The summed E-state index contributed by atoms with van der Waals surface area (Å²) in [4.78, 5) is 25.8. The lowest BCUT2D eigenvalue weighted by Crippen LogP contribution is -2.15. The maximum Gasteiger partial charge on any atom is 0.274 e. The number of fused-ring (bicyclic) bond motifs is 1. The van der Waals surface area contributed by atoms with E-state index in [1.807, 2.05) is 30.3 Å². The number of benzene rings is 2. The standard InChI is InChI=1S/C21H16ClN5O/c1-13-12-18(20(28)25-16-9-3-2-8-15(16)22)27-21(24-13)26-17-10-4-6-14-7-5-11-23-19(14)17/h2-12H,1H3,(H,25,28)(H,24,26,27). The highest BCUT2D eigenvalue weighted by molar-refractivity contribution is 6.33. The van der Waals surface area contributed by atoms with Crippen molar-refractivity contribution in [3.8, 4) is 0 Å². The molecule has 0 aliphatic rings. The average Bonchev–Trinajstić information content (AvgIpc) is 2.69. The molecule has 0 atom stereocenters. The van der Waals surface area contributed by atoms with Crippen LogP contribution in [0.15, 0.2) is 66.9 Å². The molecule has 2 heterocycles. The first-order valence-corrected chi connectivity index (χ1v) is 9.00. The van der Waals surface area contributed by atoms with Gasteiger partial charge in [-0.15, -0.1) is 0 Å². The summed E-state index contributed by atoms with van der Waals surface area (Å²) in [6.45, 7) is 1.81. The molecule has 2 N–H and O–H groups in total. The summed E-state index contributed by atoms with van der Waals surface area (Å²) < 4.78 is 0. The van der Waals surface area contributed by atoms with Crippen LogP contribution in [0, 0.1) is 6.92 Å². The molecule has 0 aliphatic carbocycles. The topological polar surface area (TPSA) is 79.8 Å². The van der Waals surface area contributed by atoms with Gasteiger partial charge in [0.05, 0.1) is 21.9 Å². The minimum atomic E-state index is -0.363. The molecule has 4 rings (SSSR count). The normalized spacial score (nSPS) is 10.6. The van der Waals surface area contributed by atoms with Gasteiger partial charge < -0.3 is 10.6 Å². The molecule has 28 heavy (non-hydrogen) atoms. The molecule has 138 valence electrons. The van der Waals surface area contributed by atoms with Crippen LogP contribution in [0.3, 0.4) is 0 Å². The molecule has 0 radical (unpaired) electrons. The fourth-order valence-electron chi connectivity index (χ4n) is 2.82. The highest BCUT2D eigenvalue weighted by atomic mass is 35.5. The fraction of sp³-hybridized carbons (Fsp3) is 0.0476. The fourth-order valence-corrected chi connectivity index (χ4v) is 3.00. The van der Waals surface area contributed by atoms with Crippen molar-refractivity contribution in [3.63, 3.8) is 0 Å². The summed E-state index contributed by atoms with van der Waals surface area (Å²) in [5, 5.41) is 7.40.